The molecule has 0 amide bonds. The second kappa shape index (κ2) is 8.91. The van der Waals surface area contributed by atoms with Gasteiger partial charge in [-0.05, 0) is 42.5 Å². The molecule has 2 aromatic heterocycles. The molecule has 0 N–H and O–H groups in total. The standard InChI is InChI=1S/C23H22F3N3O2/c24-23(25,26)8-6-20(30)11-17-2-1-3-19(10-17)21-14-27-22-12-18(7-9-29(21)22)13-28-31-15-16-4-5-16/h1-3,7,9-10,12-14,16H,4-6,8,11,15H2/b28-13-. The lowest BCUT2D eigenvalue weighted by atomic mass is 10.0. The van der Waals surface area contributed by atoms with Crippen molar-refractivity contribution < 1.29 is 22.8 Å². The lowest BCUT2D eigenvalue weighted by Gasteiger charge is -2.07. The van der Waals surface area contributed by atoms with E-state index in [1.807, 2.05) is 34.9 Å². The van der Waals surface area contributed by atoms with Crippen molar-refractivity contribution >= 4 is 17.6 Å². The Labute approximate surface area is 177 Å². The number of hydrogen-bond acceptors (Lipinski definition) is 4. The molecule has 1 aliphatic rings. The minimum absolute atomic E-state index is 0.0257. The number of rotatable bonds is 9. The number of carbonyl (C=O) groups excluding carboxylic acids is 1. The van der Waals surface area contributed by atoms with Gasteiger partial charge in [-0.25, -0.2) is 4.98 Å². The number of hydrogen-bond donors (Lipinski definition) is 0. The summed E-state index contributed by atoms with van der Waals surface area (Å²) in [5.41, 5.74) is 3.93. The van der Waals surface area contributed by atoms with E-state index >= 15 is 0 Å². The molecule has 0 aliphatic heterocycles. The lowest BCUT2D eigenvalue weighted by Crippen LogP contribution is -2.12. The van der Waals surface area contributed by atoms with Crippen LogP contribution in [0.3, 0.4) is 0 Å². The summed E-state index contributed by atoms with van der Waals surface area (Å²) in [7, 11) is 0. The Kier molecular flexibility index (Phi) is 6.06. The van der Waals surface area contributed by atoms with Crippen molar-refractivity contribution in [1.29, 1.82) is 0 Å². The Morgan fingerprint density at radius 2 is 2.10 bits per heavy atom. The van der Waals surface area contributed by atoms with Gasteiger partial charge >= 0.3 is 6.18 Å². The number of Topliss-reactive ketones (excluding diaryl/α,β-unsaturated/α-hetero) is 1. The Hall–Kier alpha value is -3.16. The van der Waals surface area contributed by atoms with Gasteiger partial charge in [0.15, 0.2) is 0 Å². The molecule has 5 nitrogen and oxygen atoms in total. The van der Waals surface area contributed by atoms with E-state index in [4.69, 9.17) is 4.84 Å². The predicted molar refractivity (Wildman–Crippen MR) is 111 cm³/mol. The number of aromatic nitrogens is 2. The maximum Gasteiger partial charge on any atom is 0.389 e. The second-order valence-corrected chi connectivity index (χ2v) is 7.84. The van der Waals surface area contributed by atoms with E-state index < -0.39 is 24.8 Å². The van der Waals surface area contributed by atoms with E-state index in [0.29, 0.717) is 18.1 Å². The smallest absolute Gasteiger partial charge is 0.389 e. The molecule has 162 valence electrons. The number of alkyl halides is 3. The van der Waals surface area contributed by atoms with E-state index in [2.05, 4.69) is 10.1 Å². The highest BCUT2D eigenvalue weighted by atomic mass is 19.4. The van der Waals surface area contributed by atoms with Gasteiger partial charge in [-0.2, -0.15) is 13.2 Å². The van der Waals surface area contributed by atoms with Gasteiger partial charge in [0.1, 0.15) is 18.0 Å². The highest BCUT2D eigenvalue weighted by Gasteiger charge is 2.27. The zero-order chi connectivity index (χ0) is 21.8. The molecule has 2 heterocycles. The quantitative estimate of drug-likeness (QED) is 0.346. The van der Waals surface area contributed by atoms with Gasteiger partial charge in [0, 0.05) is 30.2 Å². The summed E-state index contributed by atoms with van der Waals surface area (Å²) >= 11 is 0. The van der Waals surface area contributed by atoms with Crippen molar-refractivity contribution in [2.75, 3.05) is 6.61 Å². The molecule has 0 unspecified atom stereocenters. The number of halogens is 3. The molecule has 31 heavy (non-hydrogen) atoms. The van der Waals surface area contributed by atoms with Gasteiger partial charge in [-0.3, -0.25) is 9.20 Å². The van der Waals surface area contributed by atoms with Gasteiger partial charge in [0.2, 0.25) is 0 Å². The topological polar surface area (TPSA) is 56.0 Å². The van der Waals surface area contributed by atoms with Crippen LogP contribution in [0.25, 0.3) is 16.9 Å². The Balaban J connectivity index is 1.45. The van der Waals surface area contributed by atoms with Crippen molar-refractivity contribution in [1.82, 2.24) is 9.38 Å². The SMILES string of the molecule is O=C(CCC(F)(F)F)Cc1cccc(-c2cnc3cc(/C=N\OCC4CC4)ccn23)c1. The van der Waals surface area contributed by atoms with Crippen molar-refractivity contribution in [3.8, 4) is 11.3 Å². The molecule has 0 atom stereocenters. The Bertz CT molecular complexity index is 1100. The van der Waals surface area contributed by atoms with E-state index in [9.17, 15) is 18.0 Å². The van der Waals surface area contributed by atoms with Crippen LogP contribution < -0.4 is 0 Å². The number of ketones is 1. The first-order valence-corrected chi connectivity index (χ1v) is 10.2. The normalized spacial score (nSPS) is 14.4. The predicted octanol–water partition coefficient (Wildman–Crippen LogP) is 5.22. The molecular formula is C23H22F3N3O2. The maximum atomic E-state index is 12.3. The van der Waals surface area contributed by atoms with Crippen LogP contribution in [0.5, 0.6) is 0 Å². The second-order valence-electron chi connectivity index (χ2n) is 7.84. The van der Waals surface area contributed by atoms with Crippen molar-refractivity contribution in [2.24, 2.45) is 11.1 Å². The number of carbonyl (C=O) groups is 1. The molecular weight excluding hydrogens is 407 g/mol. The number of oxime groups is 1. The van der Waals surface area contributed by atoms with Crippen LogP contribution in [-0.4, -0.2) is 34.2 Å². The Morgan fingerprint density at radius 1 is 1.26 bits per heavy atom. The third kappa shape index (κ3) is 5.93. The summed E-state index contributed by atoms with van der Waals surface area (Å²) in [5.74, 6) is 0.214. The number of pyridine rings is 1. The minimum Gasteiger partial charge on any atom is -0.396 e. The Morgan fingerprint density at radius 3 is 2.87 bits per heavy atom. The monoisotopic (exact) mass is 429 g/mol. The van der Waals surface area contributed by atoms with Gasteiger partial charge in [0.25, 0.3) is 0 Å². The maximum absolute atomic E-state index is 12.3. The number of benzene rings is 1. The highest BCUT2D eigenvalue weighted by Crippen LogP contribution is 2.29. The average Bonchev–Trinajstić information content (AvgIpc) is 3.46. The van der Waals surface area contributed by atoms with Crippen molar-refractivity contribution in [3.63, 3.8) is 0 Å². The van der Waals surface area contributed by atoms with Crippen LogP contribution in [0.15, 0.2) is 53.9 Å². The van der Waals surface area contributed by atoms with Crippen LogP contribution >= 0.6 is 0 Å². The van der Waals surface area contributed by atoms with Crippen LogP contribution in [-0.2, 0) is 16.1 Å². The van der Waals surface area contributed by atoms with Crippen LogP contribution in [0, 0.1) is 5.92 Å². The van der Waals surface area contributed by atoms with Crippen molar-refractivity contribution in [2.45, 2.75) is 38.3 Å². The molecule has 0 bridgehead atoms. The fourth-order valence-electron chi connectivity index (χ4n) is 3.26. The molecule has 3 aromatic rings. The molecule has 1 aliphatic carbocycles. The molecule has 1 fully saturated rings. The van der Waals surface area contributed by atoms with E-state index in [0.717, 1.165) is 22.5 Å². The molecule has 0 radical (unpaired) electrons. The van der Waals surface area contributed by atoms with Crippen LogP contribution in [0.4, 0.5) is 13.2 Å². The first kappa shape index (κ1) is 21.1. The summed E-state index contributed by atoms with van der Waals surface area (Å²) in [6.07, 6.45) is 1.75. The third-order valence-corrected chi connectivity index (χ3v) is 5.13. The fourth-order valence-corrected chi connectivity index (χ4v) is 3.26. The zero-order valence-electron chi connectivity index (χ0n) is 16.8. The largest absolute Gasteiger partial charge is 0.396 e. The lowest BCUT2D eigenvalue weighted by molar-refractivity contribution is -0.143. The number of imidazole rings is 1. The zero-order valence-corrected chi connectivity index (χ0v) is 16.8. The molecule has 1 aromatic carbocycles. The minimum atomic E-state index is -4.32. The summed E-state index contributed by atoms with van der Waals surface area (Å²) in [6, 6.07) is 11.0. The van der Waals surface area contributed by atoms with Gasteiger partial charge in [-0.15, -0.1) is 0 Å². The molecule has 1 saturated carbocycles. The first-order valence-electron chi connectivity index (χ1n) is 10.2. The third-order valence-electron chi connectivity index (χ3n) is 5.13. The fraction of sp³-hybridized carbons (Fsp3) is 0.348. The summed E-state index contributed by atoms with van der Waals surface area (Å²) in [6.45, 7) is 0.654. The summed E-state index contributed by atoms with van der Waals surface area (Å²) < 4.78 is 38.9. The molecule has 8 heteroatoms. The van der Waals surface area contributed by atoms with E-state index in [-0.39, 0.29) is 6.42 Å². The van der Waals surface area contributed by atoms with Crippen LogP contribution in [0.2, 0.25) is 0 Å². The summed E-state index contributed by atoms with van der Waals surface area (Å²) in [4.78, 5) is 21.6. The average molecular weight is 429 g/mol. The highest BCUT2D eigenvalue weighted by molar-refractivity contribution is 5.82. The molecule has 0 spiro atoms. The van der Waals surface area contributed by atoms with Crippen molar-refractivity contribution in [3.05, 3.63) is 59.9 Å². The van der Waals surface area contributed by atoms with E-state index in [1.165, 1.54) is 12.8 Å². The van der Waals surface area contributed by atoms with E-state index in [1.54, 1.807) is 24.5 Å². The van der Waals surface area contributed by atoms with Gasteiger partial charge < -0.3 is 4.84 Å². The molecule has 4 rings (SSSR count). The van der Waals surface area contributed by atoms with Gasteiger partial charge in [0.05, 0.1) is 24.5 Å². The van der Waals surface area contributed by atoms with Crippen LogP contribution in [0.1, 0.15) is 36.8 Å². The number of fused-ring (bicyclic) bond motifs is 1. The van der Waals surface area contributed by atoms with Gasteiger partial charge in [-0.1, -0.05) is 23.4 Å². The number of nitrogens with zero attached hydrogens (tertiary/aromatic N) is 3. The summed E-state index contributed by atoms with van der Waals surface area (Å²) in [5, 5.41) is 4.00. The first-order chi connectivity index (χ1) is 14.9. The molecule has 0 saturated heterocycles.